The molecule has 0 fully saturated rings. The average Bonchev–Trinajstić information content (AvgIpc) is 2.44. The predicted octanol–water partition coefficient (Wildman–Crippen LogP) is 2.78. The van der Waals surface area contributed by atoms with E-state index in [-0.39, 0.29) is 24.0 Å². The van der Waals surface area contributed by atoms with Crippen LogP contribution in [0.1, 0.15) is 26.3 Å². The fourth-order valence-corrected chi connectivity index (χ4v) is 1.87. The fraction of sp³-hybridized carbons (Fsp3) is 0.500. The molecule has 0 aromatic heterocycles. The van der Waals surface area contributed by atoms with E-state index in [1.807, 2.05) is 0 Å². The molecule has 0 aliphatic heterocycles. The Balaban J connectivity index is 2.74. The summed E-state index contributed by atoms with van der Waals surface area (Å²) in [5.41, 5.74) is -0.138. The number of thiocarbonyl (C=S) groups is 1. The summed E-state index contributed by atoms with van der Waals surface area (Å²) >= 11 is 4.91. The van der Waals surface area contributed by atoms with Crippen LogP contribution < -0.4 is 10.6 Å². The van der Waals surface area contributed by atoms with Crippen LogP contribution in [-0.2, 0) is 15.9 Å². The molecule has 0 aliphatic rings. The Morgan fingerprint density at radius 1 is 1.35 bits per heavy atom. The number of carbonyl (C=O) groups excluding carboxylic acids is 1. The standard InChI is InChI=1S/C16H23FN2O3S/c1-16(2,3)22-14(20)19-12(10-21-15(23)18-4)9-11-7-5-6-8-13(11)17/h5-8,12H,9-10H2,1-4H3,(H,18,23)(H,19,20)/t12-/m0/s1. The maximum Gasteiger partial charge on any atom is 0.408 e. The molecule has 0 saturated heterocycles. The maximum absolute atomic E-state index is 13.8. The van der Waals surface area contributed by atoms with Gasteiger partial charge in [-0.05, 0) is 51.0 Å². The van der Waals surface area contributed by atoms with Crippen molar-refractivity contribution >= 4 is 23.5 Å². The molecule has 1 rings (SSSR count). The predicted molar refractivity (Wildman–Crippen MR) is 90.9 cm³/mol. The molecule has 7 heteroatoms. The summed E-state index contributed by atoms with van der Waals surface area (Å²) in [5.74, 6) is -0.334. The van der Waals surface area contributed by atoms with Gasteiger partial charge in [-0.3, -0.25) is 0 Å². The van der Waals surface area contributed by atoms with E-state index >= 15 is 0 Å². The zero-order valence-corrected chi connectivity index (χ0v) is 14.6. The summed E-state index contributed by atoms with van der Waals surface area (Å²) in [5, 5.41) is 5.57. The topological polar surface area (TPSA) is 59.6 Å². The van der Waals surface area contributed by atoms with E-state index in [9.17, 15) is 9.18 Å². The molecular weight excluding hydrogens is 319 g/mol. The van der Waals surface area contributed by atoms with Gasteiger partial charge in [-0.2, -0.15) is 0 Å². The summed E-state index contributed by atoms with van der Waals surface area (Å²) in [6, 6.07) is 5.91. The van der Waals surface area contributed by atoms with Gasteiger partial charge in [-0.1, -0.05) is 18.2 Å². The third-order valence-electron chi connectivity index (χ3n) is 2.76. The van der Waals surface area contributed by atoms with Crippen LogP contribution in [0.5, 0.6) is 0 Å². The largest absolute Gasteiger partial charge is 0.469 e. The number of carbonyl (C=O) groups is 1. The second-order valence-electron chi connectivity index (χ2n) is 5.99. The minimum atomic E-state index is -0.617. The monoisotopic (exact) mass is 342 g/mol. The number of ether oxygens (including phenoxy) is 2. The summed E-state index contributed by atoms with van der Waals surface area (Å²) in [4.78, 5) is 11.9. The zero-order chi connectivity index (χ0) is 17.5. The molecule has 1 aromatic rings. The SMILES string of the molecule is CNC(=S)OC[C@H](Cc1ccccc1F)NC(=O)OC(C)(C)C. The Kier molecular flexibility index (Phi) is 7.22. The van der Waals surface area contributed by atoms with Crippen molar-refractivity contribution in [1.29, 1.82) is 0 Å². The number of halogens is 1. The lowest BCUT2D eigenvalue weighted by molar-refractivity contribution is 0.0485. The second-order valence-corrected chi connectivity index (χ2v) is 6.36. The first-order valence-electron chi connectivity index (χ1n) is 7.28. The van der Waals surface area contributed by atoms with Gasteiger partial charge in [0.1, 0.15) is 18.0 Å². The highest BCUT2D eigenvalue weighted by molar-refractivity contribution is 7.80. The molecule has 23 heavy (non-hydrogen) atoms. The highest BCUT2D eigenvalue weighted by Gasteiger charge is 2.21. The van der Waals surface area contributed by atoms with Crippen LogP contribution in [-0.4, -0.2) is 36.6 Å². The van der Waals surface area contributed by atoms with Gasteiger partial charge in [-0.15, -0.1) is 0 Å². The molecule has 0 heterocycles. The van der Waals surface area contributed by atoms with E-state index in [4.69, 9.17) is 21.7 Å². The van der Waals surface area contributed by atoms with Gasteiger partial charge in [0.2, 0.25) is 0 Å². The van der Waals surface area contributed by atoms with Crippen molar-refractivity contribution in [2.45, 2.75) is 38.8 Å². The lowest BCUT2D eigenvalue weighted by Gasteiger charge is -2.24. The first-order valence-corrected chi connectivity index (χ1v) is 7.69. The molecule has 0 bridgehead atoms. The number of hydrogen-bond donors (Lipinski definition) is 2. The number of rotatable bonds is 5. The van der Waals surface area contributed by atoms with Gasteiger partial charge < -0.3 is 20.1 Å². The Hall–Kier alpha value is -1.89. The minimum Gasteiger partial charge on any atom is -0.469 e. The van der Waals surface area contributed by atoms with Gasteiger partial charge in [0.05, 0.1) is 6.04 Å². The maximum atomic E-state index is 13.8. The molecule has 5 nitrogen and oxygen atoms in total. The minimum absolute atomic E-state index is 0.104. The molecule has 0 unspecified atom stereocenters. The lowest BCUT2D eigenvalue weighted by atomic mass is 10.1. The van der Waals surface area contributed by atoms with E-state index in [1.54, 1.807) is 46.0 Å². The van der Waals surface area contributed by atoms with Crippen molar-refractivity contribution in [2.75, 3.05) is 13.7 Å². The smallest absolute Gasteiger partial charge is 0.408 e. The van der Waals surface area contributed by atoms with Crippen molar-refractivity contribution in [1.82, 2.24) is 10.6 Å². The van der Waals surface area contributed by atoms with Crippen molar-refractivity contribution in [3.05, 3.63) is 35.6 Å². The van der Waals surface area contributed by atoms with Crippen LogP contribution in [0.15, 0.2) is 24.3 Å². The number of alkyl carbamates (subject to hydrolysis) is 1. The van der Waals surface area contributed by atoms with Gasteiger partial charge in [-0.25, -0.2) is 9.18 Å². The Morgan fingerprint density at radius 3 is 2.57 bits per heavy atom. The van der Waals surface area contributed by atoms with Gasteiger partial charge >= 0.3 is 6.09 Å². The van der Waals surface area contributed by atoms with Crippen LogP contribution in [0.4, 0.5) is 9.18 Å². The van der Waals surface area contributed by atoms with Crippen molar-refractivity contribution in [2.24, 2.45) is 0 Å². The van der Waals surface area contributed by atoms with Gasteiger partial charge in [0.15, 0.2) is 0 Å². The number of nitrogens with one attached hydrogen (secondary N) is 2. The molecule has 0 spiro atoms. The zero-order valence-electron chi connectivity index (χ0n) is 13.8. The first kappa shape index (κ1) is 19.2. The second kappa shape index (κ2) is 8.67. The Bertz CT molecular complexity index is 546. The summed E-state index contributed by atoms with van der Waals surface area (Å²) < 4.78 is 24.3. The number of benzene rings is 1. The van der Waals surface area contributed by atoms with E-state index < -0.39 is 17.7 Å². The highest BCUT2D eigenvalue weighted by Crippen LogP contribution is 2.11. The molecular formula is C16H23FN2O3S. The third kappa shape index (κ3) is 7.78. The van der Waals surface area contributed by atoms with E-state index in [1.165, 1.54) is 6.07 Å². The molecule has 0 radical (unpaired) electrons. The van der Waals surface area contributed by atoms with Crippen molar-refractivity contribution in [3.63, 3.8) is 0 Å². The summed E-state index contributed by atoms with van der Waals surface area (Å²) in [6.07, 6.45) is -0.323. The van der Waals surface area contributed by atoms with Crippen LogP contribution in [0.25, 0.3) is 0 Å². The number of hydrogen-bond acceptors (Lipinski definition) is 4. The average molecular weight is 342 g/mol. The van der Waals surface area contributed by atoms with Crippen LogP contribution >= 0.6 is 12.2 Å². The molecule has 128 valence electrons. The normalized spacial score (nSPS) is 12.2. The molecule has 1 amide bonds. The quantitative estimate of drug-likeness (QED) is 0.806. The van der Waals surface area contributed by atoms with Crippen LogP contribution in [0.3, 0.4) is 0 Å². The highest BCUT2D eigenvalue weighted by atomic mass is 32.1. The van der Waals surface area contributed by atoms with E-state index in [0.717, 1.165) is 0 Å². The van der Waals surface area contributed by atoms with Crippen LogP contribution in [0, 0.1) is 5.82 Å². The van der Waals surface area contributed by atoms with Crippen molar-refractivity contribution < 1.29 is 18.7 Å². The van der Waals surface area contributed by atoms with E-state index in [2.05, 4.69) is 10.6 Å². The summed E-state index contributed by atoms with van der Waals surface area (Å²) in [6.45, 7) is 5.41. The molecule has 1 atom stereocenters. The molecule has 2 N–H and O–H groups in total. The van der Waals surface area contributed by atoms with Crippen molar-refractivity contribution in [3.8, 4) is 0 Å². The van der Waals surface area contributed by atoms with Gasteiger partial charge in [0.25, 0.3) is 5.17 Å². The summed E-state index contributed by atoms with van der Waals surface area (Å²) in [7, 11) is 1.63. The van der Waals surface area contributed by atoms with Crippen LogP contribution in [0.2, 0.25) is 0 Å². The molecule has 0 aliphatic carbocycles. The molecule has 1 aromatic carbocycles. The fourth-order valence-electron chi connectivity index (χ4n) is 1.80. The lowest BCUT2D eigenvalue weighted by Crippen LogP contribution is -2.43. The Morgan fingerprint density at radius 2 is 2.00 bits per heavy atom. The van der Waals surface area contributed by atoms with Gasteiger partial charge in [0, 0.05) is 7.05 Å². The van der Waals surface area contributed by atoms with E-state index in [0.29, 0.717) is 5.56 Å². The molecule has 0 saturated carbocycles. The third-order valence-corrected chi connectivity index (χ3v) is 3.09. The number of amides is 1. The Labute approximate surface area is 141 Å². The first-order chi connectivity index (χ1) is 10.7.